The van der Waals surface area contributed by atoms with Gasteiger partial charge in [-0.05, 0) is 30.2 Å². The number of carbonyl (C=O) groups is 2. The normalized spacial score (nSPS) is 23.0. The number of urea groups is 1. The summed E-state index contributed by atoms with van der Waals surface area (Å²) in [6, 6.07) is 14.3. The van der Waals surface area contributed by atoms with E-state index in [0.29, 0.717) is 24.4 Å². The van der Waals surface area contributed by atoms with Crippen molar-refractivity contribution in [3.05, 3.63) is 54.1 Å². The van der Waals surface area contributed by atoms with Crippen molar-refractivity contribution in [1.29, 1.82) is 0 Å². The molecule has 1 saturated heterocycles. The molecule has 1 fully saturated rings. The standard InChI is InChI=1S/C21H22N2O5/c1-27-18-9-5-3-7-16(18)22-20(26)23-11-15-12-28-17-8-4-2-6-14(17)10-21(15,13-23)19(24)25/h2-9,15H,10-13H2,1H3,(H,22,26)(H,24,25)/t15-,21+/m0/s1. The van der Waals surface area contributed by atoms with E-state index in [4.69, 9.17) is 9.47 Å². The molecule has 0 bridgehead atoms. The molecule has 0 aromatic heterocycles. The third kappa shape index (κ3) is 3.02. The van der Waals surface area contributed by atoms with Gasteiger partial charge in [-0.25, -0.2) is 4.79 Å². The van der Waals surface area contributed by atoms with E-state index >= 15 is 0 Å². The lowest BCUT2D eigenvalue weighted by Gasteiger charge is -2.27. The average molecular weight is 382 g/mol. The highest BCUT2D eigenvalue weighted by Gasteiger charge is 2.55. The largest absolute Gasteiger partial charge is 0.495 e. The van der Waals surface area contributed by atoms with Crippen molar-refractivity contribution in [3.63, 3.8) is 0 Å². The number of amides is 2. The van der Waals surface area contributed by atoms with Gasteiger partial charge in [-0.3, -0.25) is 4.79 Å². The number of nitrogens with one attached hydrogen (secondary N) is 1. The second-order valence-corrected chi connectivity index (χ2v) is 7.26. The Balaban J connectivity index is 1.58. The van der Waals surface area contributed by atoms with Crippen LogP contribution in [0.1, 0.15) is 5.56 Å². The van der Waals surface area contributed by atoms with Gasteiger partial charge in [0.05, 0.1) is 24.8 Å². The molecule has 0 saturated carbocycles. The summed E-state index contributed by atoms with van der Waals surface area (Å²) in [5.41, 5.74) is 0.345. The van der Waals surface area contributed by atoms with E-state index in [1.54, 1.807) is 23.1 Å². The number of para-hydroxylation sites is 3. The summed E-state index contributed by atoms with van der Waals surface area (Å²) in [6.07, 6.45) is 0.335. The van der Waals surface area contributed by atoms with Crippen molar-refractivity contribution in [3.8, 4) is 11.5 Å². The molecule has 0 spiro atoms. The Labute approximate surface area is 162 Å². The number of rotatable bonds is 3. The van der Waals surface area contributed by atoms with Gasteiger partial charge in [-0.2, -0.15) is 0 Å². The lowest BCUT2D eigenvalue weighted by Crippen LogP contribution is -2.42. The van der Waals surface area contributed by atoms with E-state index in [1.807, 2.05) is 30.3 Å². The molecule has 2 atom stereocenters. The number of likely N-dealkylation sites (tertiary alicyclic amines) is 1. The Morgan fingerprint density at radius 1 is 1.21 bits per heavy atom. The fourth-order valence-corrected chi connectivity index (χ4v) is 4.12. The molecule has 2 aromatic carbocycles. The van der Waals surface area contributed by atoms with E-state index in [-0.39, 0.29) is 25.1 Å². The molecule has 4 rings (SSSR count). The summed E-state index contributed by atoms with van der Waals surface area (Å²) in [5.74, 6) is 0.0863. The number of methoxy groups -OCH3 is 1. The van der Waals surface area contributed by atoms with Crippen LogP contribution in [0.3, 0.4) is 0 Å². The first-order valence-corrected chi connectivity index (χ1v) is 9.16. The van der Waals surface area contributed by atoms with Crippen molar-refractivity contribution in [1.82, 2.24) is 4.90 Å². The van der Waals surface area contributed by atoms with Crippen LogP contribution in [0, 0.1) is 11.3 Å². The number of carboxylic acid groups (broad SMARTS) is 1. The fourth-order valence-electron chi connectivity index (χ4n) is 4.12. The van der Waals surface area contributed by atoms with Crippen LogP contribution in [-0.4, -0.2) is 48.8 Å². The van der Waals surface area contributed by atoms with Crippen LogP contribution in [0.2, 0.25) is 0 Å². The van der Waals surface area contributed by atoms with Crippen LogP contribution >= 0.6 is 0 Å². The van der Waals surface area contributed by atoms with Crippen LogP contribution in [-0.2, 0) is 11.2 Å². The van der Waals surface area contributed by atoms with Crippen LogP contribution in [0.5, 0.6) is 11.5 Å². The number of anilines is 1. The van der Waals surface area contributed by atoms with Gasteiger partial charge >= 0.3 is 12.0 Å². The molecule has 7 nitrogen and oxygen atoms in total. The highest BCUT2D eigenvalue weighted by molar-refractivity contribution is 5.92. The molecular formula is C21H22N2O5. The monoisotopic (exact) mass is 382 g/mol. The molecule has 2 aromatic rings. The Morgan fingerprint density at radius 2 is 1.96 bits per heavy atom. The second-order valence-electron chi connectivity index (χ2n) is 7.26. The van der Waals surface area contributed by atoms with Crippen LogP contribution < -0.4 is 14.8 Å². The summed E-state index contributed by atoms with van der Waals surface area (Å²) in [4.78, 5) is 26.7. The first-order valence-electron chi connectivity index (χ1n) is 9.16. The van der Waals surface area contributed by atoms with Gasteiger partial charge in [-0.15, -0.1) is 0 Å². The molecule has 2 aliphatic rings. The molecule has 2 amide bonds. The smallest absolute Gasteiger partial charge is 0.321 e. The molecule has 2 heterocycles. The Morgan fingerprint density at radius 3 is 2.75 bits per heavy atom. The van der Waals surface area contributed by atoms with E-state index in [1.165, 1.54) is 7.11 Å². The zero-order valence-electron chi connectivity index (χ0n) is 15.6. The van der Waals surface area contributed by atoms with Gasteiger partial charge in [0.25, 0.3) is 0 Å². The first-order chi connectivity index (χ1) is 13.5. The highest BCUT2D eigenvalue weighted by Crippen LogP contribution is 2.44. The molecule has 28 heavy (non-hydrogen) atoms. The number of aliphatic carboxylic acids is 1. The van der Waals surface area contributed by atoms with Gasteiger partial charge in [0.15, 0.2) is 0 Å². The molecule has 2 N–H and O–H groups in total. The minimum Gasteiger partial charge on any atom is -0.495 e. The maximum atomic E-state index is 12.8. The number of fused-ring (bicyclic) bond motifs is 2. The predicted molar refractivity (Wildman–Crippen MR) is 103 cm³/mol. The molecule has 2 aliphatic heterocycles. The number of hydrogen-bond donors (Lipinski definition) is 2. The fraction of sp³-hybridized carbons (Fsp3) is 0.333. The van der Waals surface area contributed by atoms with Crippen LogP contribution in [0.15, 0.2) is 48.5 Å². The van der Waals surface area contributed by atoms with E-state index in [9.17, 15) is 14.7 Å². The number of ether oxygens (including phenoxy) is 2. The zero-order chi connectivity index (χ0) is 19.7. The van der Waals surface area contributed by atoms with Crippen molar-refractivity contribution < 1.29 is 24.2 Å². The number of benzene rings is 2. The zero-order valence-corrected chi connectivity index (χ0v) is 15.6. The highest BCUT2D eigenvalue weighted by atomic mass is 16.5. The van der Waals surface area contributed by atoms with E-state index in [2.05, 4.69) is 5.32 Å². The topological polar surface area (TPSA) is 88.1 Å². The summed E-state index contributed by atoms with van der Waals surface area (Å²) in [5, 5.41) is 12.9. The van der Waals surface area contributed by atoms with Crippen molar-refractivity contribution in [2.24, 2.45) is 11.3 Å². The van der Waals surface area contributed by atoms with Gasteiger partial charge in [0.2, 0.25) is 0 Å². The van der Waals surface area contributed by atoms with Gasteiger partial charge in [0.1, 0.15) is 11.5 Å². The molecule has 0 radical (unpaired) electrons. The molecular weight excluding hydrogens is 360 g/mol. The van der Waals surface area contributed by atoms with Gasteiger partial charge in [-0.1, -0.05) is 30.3 Å². The Bertz CT molecular complexity index is 915. The number of carboxylic acids is 1. The predicted octanol–water partition coefficient (Wildman–Crippen LogP) is 2.87. The summed E-state index contributed by atoms with van der Waals surface area (Å²) < 4.78 is 11.1. The summed E-state index contributed by atoms with van der Waals surface area (Å²) >= 11 is 0. The van der Waals surface area contributed by atoms with Crippen molar-refractivity contribution >= 4 is 17.7 Å². The maximum absolute atomic E-state index is 12.8. The van der Waals surface area contributed by atoms with Gasteiger partial charge < -0.3 is 24.8 Å². The molecule has 0 unspecified atom stereocenters. The molecule has 146 valence electrons. The quantitative estimate of drug-likeness (QED) is 0.852. The lowest BCUT2D eigenvalue weighted by molar-refractivity contribution is -0.150. The van der Waals surface area contributed by atoms with Crippen molar-refractivity contribution in [2.45, 2.75) is 6.42 Å². The SMILES string of the molecule is COc1ccccc1NC(=O)N1C[C@H]2COc3ccccc3C[C@@]2(C(=O)O)C1. The van der Waals surface area contributed by atoms with Gasteiger partial charge in [0, 0.05) is 19.0 Å². The number of carbonyl (C=O) groups excluding carboxylic acids is 1. The molecule has 7 heteroatoms. The average Bonchev–Trinajstić information content (AvgIpc) is 3.00. The first kappa shape index (κ1) is 18.2. The minimum absolute atomic E-state index is 0.131. The number of hydrogen-bond acceptors (Lipinski definition) is 4. The second kappa shape index (κ2) is 7.07. The van der Waals surface area contributed by atoms with Crippen LogP contribution in [0.25, 0.3) is 0 Å². The third-order valence-corrected chi connectivity index (χ3v) is 5.68. The van der Waals surface area contributed by atoms with E-state index in [0.717, 1.165) is 11.3 Å². The maximum Gasteiger partial charge on any atom is 0.321 e. The van der Waals surface area contributed by atoms with Crippen LogP contribution in [0.4, 0.5) is 10.5 Å². The summed E-state index contributed by atoms with van der Waals surface area (Å²) in [7, 11) is 1.53. The Kier molecular flexibility index (Phi) is 4.58. The third-order valence-electron chi connectivity index (χ3n) is 5.68. The Hall–Kier alpha value is -3.22. The number of nitrogens with zero attached hydrogens (tertiary/aromatic N) is 1. The lowest BCUT2D eigenvalue weighted by atomic mass is 9.74. The molecule has 0 aliphatic carbocycles. The van der Waals surface area contributed by atoms with E-state index < -0.39 is 11.4 Å². The minimum atomic E-state index is -1.06. The summed E-state index contributed by atoms with van der Waals surface area (Å²) in [6.45, 7) is 0.717. The van der Waals surface area contributed by atoms with Crippen molar-refractivity contribution in [2.75, 3.05) is 32.1 Å².